The van der Waals surface area contributed by atoms with Crippen LogP contribution in [-0.4, -0.2) is 37.0 Å². The maximum atomic E-state index is 13.1. The number of halogens is 1. The minimum absolute atomic E-state index is 0.123. The highest BCUT2D eigenvalue weighted by molar-refractivity contribution is 5.90. The molecule has 0 aliphatic heterocycles. The molecule has 3 N–H and O–H groups in total. The summed E-state index contributed by atoms with van der Waals surface area (Å²) in [6.07, 6.45) is 1.28. The number of carbonyl (C=O) groups is 1. The molecular weight excluding hydrogens is 305 g/mol. The lowest BCUT2D eigenvalue weighted by atomic mass is 10.1. The van der Waals surface area contributed by atoms with E-state index in [9.17, 15) is 9.18 Å². The van der Waals surface area contributed by atoms with Gasteiger partial charge in [-0.3, -0.25) is 4.79 Å². The zero-order chi connectivity index (χ0) is 17.2. The van der Waals surface area contributed by atoms with E-state index in [1.807, 2.05) is 18.2 Å². The third-order valence-corrected chi connectivity index (χ3v) is 3.77. The fraction of sp³-hybridized carbons (Fsp3) is 0.316. The van der Waals surface area contributed by atoms with Gasteiger partial charge in [-0.2, -0.15) is 0 Å². The molecule has 0 aliphatic rings. The number of amides is 1. The zero-order valence-corrected chi connectivity index (χ0v) is 13.7. The van der Waals surface area contributed by atoms with E-state index >= 15 is 0 Å². The van der Waals surface area contributed by atoms with E-state index in [2.05, 4.69) is 22.3 Å². The molecule has 0 saturated heterocycles. The second-order valence-electron chi connectivity index (χ2n) is 5.67. The summed E-state index contributed by atoms with van der Waals surface area (Å²) in [6, 6.07) is 16.1. The largest absolute Gasteiger partial charge is 0.329 e. The summed E-state index contributed by atoms with van der Waals surface area (Å²) in [5.74, 6) is -0.484. The number of nitrogens with one attached hydrogen (secondary N) is 1. The summed E-state index contributed by atoms with van der Waals surface area (Å²) in [4.78, 5) is 14.2. The van der Waals surface area contributed by atoms with Gasteiger partial charge in [-0.25, -0.2) is 4.39 Å². The van der Waals surface area contributed by atoms with E-state index in [1.165, 1.54) is 17.7 Å². The van der Waals surface area contributed by atoms with Crippen LogP contribution in [0.3, 0.4) is 0 Å². The van der Waals surface area contributed by atoms with Crippen LogP contribution in [0, 0.1) is 5.82 Å². The van der Waals surface area contributed by atoms with Gasteiger partial charge in [-0.1, -0.05) is 36.4 Å². The van der Waals surface area contributed by atoms with E-state index in [-0.39, 0.29) is 11.7 Å². The van der Waals surface area contributed by atoms with Gasteiger partial charge in [0, 0.05) is 38.3 Å². The van der Waals surface area contributed by atoms with Crippen LogP contribution in [-0.2, 0) is 11.2 Å². The predicted octanol–water partition coefficient (Wildman–Crippen LogP) is 2.66. The first-order valence-corrected chi connectivity index (χ1v) is 8.19. The van der Waals surface area contributed by atoms with Gasteiger partial charge < -0.3 is 16.0 Å². The predicted molar refractivity (Wildman–Crippen MR) is 95.3 cm³/mol. The maximum absolute atomic E-state index is 13.1. The maximum Gasteiger partial charge on any atom is 0.225 e. The van der Waals surface area contributed by atoms with E-state index in [4.69, 9.17) is 5.73 Å². The van der Waals surface area contributed by atoms with Crippen molar-refractivity contribution in [1.29, 1.82) is 0 Å². The van der Waals surface area contributed by atoms with Crippen molar-refractivity contribution >= 4 is 11.6 Å². The SMILES string of the molecule is NCCN(CCC(=O)Nc1cccc(F)c1)CCc1ccccc1. The molecule has 0 unspecified atom stereocenters. The molecule has 0 bridgehead atoms. The van der Waals surface area contributed by atoms with Crippen molar-refractivity contribution in [2.24, 2.45) is 5.73 Å². The number of rotatable bonds is 9. The third kappa shape index (κ3) is 6.48. The molecule has 0 radical (unpaired) electrons. The van der Waals surface area contributed by atoms with Gasteiger partial charge in [0.25, 0.3) is 0 Å². The van der Waals surface area contributed by atoms with Gasteiger partial charge in [-0.05, 0) is 30.2 Å². The summed E-state index contributed by atoms with van der Waals surface area (Å²) in [5.41, 5.74) is 7.41. The van der Waals surface area contributed by atoms with Crippen molar-refractivity contribution in [3.05, 3.63) is 66.0 Å². The van der Waals surface area contributed by atoms with Crippen molar-refractivity contribution < 1.29 is 9.18 Å². The Morgan fingerprint density at radius 3 is 2.54 bits per heavy atom. The number of carbonyl (C=O) groups excluding carboxylic acids is 1. The van der Waals surface area contributed by atoms with Crippen molar-refractivity contribution in [2.45, 2.75) is 12.8 Å². The van der Waals surface area contributed by atoms with Crippen molar-refractivity contribution in [2.75, 3.05) is 31.5 Å². The fourth-order valence-electron chi connectivity index (χ4n) is 2.50. The van der Waals surface area contributed by atoms with E-state index in [0.717, 1.165) is 19.5 Å². The first-order chi connectivity index (χ1) is 11.7. The molecule has 0 atom stereocenters. The molecule has 2 aromatic rings. The average Bonchev–Trinajstić information content (AvgIpc) is 2.58. The molecule has 0 aromatic heterocycles. The number of benzene rings is 2. The van der Waals surface area contributed by atoms with Gasteiger partial charge >= 0.3 is 0 Å². The summed E-state index contributed by atoms with van der Waals surface area (Å²) in [5, 5.41) is 2.72. The Kier molecular flexibility index (Phi) is 7.39. The molecule has 2 rings (SSSR count). The lowest BCUT2D eigenvalue weighted by Crippen LogP contribution is -2.34. The molecule has 0 aliphatic carbocycles. The minimum atomic E-state index is -0.361. The summed E-state index contributed by atoms with van der Waals surface area (Å²) < 4.78 is 13.1. The standard InChI is InChI=1S/C19H24FN3O/c20-17-7-4-8-18(15-17)22-19(24)10-13-23(14-11-21)12-9-16-5-2-1-3-6-16/h1-8,15H,9-14,21H2,(H,22,24). The second-order valence-corrected chi connectivity index (χ2v) is 5.67. The Bertz CT molecular complexity index is 634. The molecule has 2 aromatic carbocycles. The van der Waals surface area contributed by atoms with Crippen LogP contribution in [0.2, 0.25) is 0 Å². The minimum Gasteiger partial charge on any atom is -0.329 e. The van der Waals surface area contributed by atoms with Crippen molar-refractivity contribution in [3.63, 3.8) is 0 Å². The normalized spacial score (nSPS) is 10.8. The number of hydrogen-bond donors (Lipinski definition) is 2. The van der Waals surface area contributed by atoms with Crippen molar-refractivity contribution in [3.8, 4) is 0 Å². The molecule has 0 spiro atoms. The zero-order valence-electron chi connectivity index (χ0n) is 13.7. The van der Waals surface area contributed by atoms with E-state index in [0.29, 0.717) is 25.2 Å². The Hall–Kier alpha value is -2.24. The van der Waals surface area contributed by atoms with Gasteiger partial charge in [-0.15, -0.1) is 0 Å². The highest BCUT2D eigenvalue weighted by Crippen LogP contribution is 2.09. The Labute approximate surface area is 142 Å². The van der Waals surface area contributed by atoms with Crippen LogP contribution >= 0.6 is 0 Å². The molecule has 0 heterocycles. The lowest BCUT2D eigenvalue weighted by molar-refractivity contribution is -0.116. The van der Waals surface area contributed by atoms with Crippen LogP contribution in [0.25, 0.3) is 0 Å². The van der Waals surface area contributed by atoms with Crippen LogP contribution in [0.15, 0.2) is 54.6 Å². The summed E-state index contributed by atoms with van der Waals surface area (Å²) in [7, 11) is 0. The van der Waals surface area contributed by atoms with Crippen LogP contribution in [0.1, 0.15) is 12.0 Å². The lowest BCUT2D eigenvalue weighted by Gasteiger charge is -2.21. The highest BCUT2D eigenvalue weighted by atomic mass is 19.1. The van der Waals surface area contributed by atoms with Crippen LogP contribution in [0.4, 0.5) is 10.1 Å². The van der Waals surface area contributed by atoms with E-state index in [1.54, 1.807) is 12.1 Å². The molecule has 0 saturated carbocycles. The van der Waals surface area contributed by atoms with Crippen LogP contribution < -0.4 is 11.1 Å². The highest BCUT2D eigenvalue weighted by Gasteiger charge is 2.09. The molecule has 0 fully saturated rings. The average molecular weight is 329 g/mol. The molecular formula is C19H24FN3O. The first-order valence-electron chi connectivity index (χ1n) is 8.19. The van der Waals surface area contributed by atoms with Gasteiger partial charge in [0.2, 0.25) is 5.91 Å². The van der Waals surface area contributed by atoms with Crippen LogP contribution in [0.5, 0.6) is 0 Å². The molecule has 128 valence electrons. The van der Waals surface area contributed by atoms with E-state index < -0.39 is 0 Å². The first kappa shape index (κ1) is 18.1. The Morgan fingerprint density at radius 1 is 1.04 bits per heavy atom. The van der Waals surface area contributed by atoms with Crippen molar-refractivity contribution in [1.82, 2.24) is 4.90 Å². The number of nitrogens with two attached hydrogens (primary N) is 1. The van der Waals surface area contributed by atoms with Gasteiger partial charge in [0.15, 0.2) is 0 Å². The molecule has 5 heteroatoms. The quantitative estimate of drug-likeness (QED) is 0.743. The van der Waals surface area contributed by atoms with Gasteiger partial charge in [0.1, 0.15) is 5.82 Å². The Morgan fingerprint density at radius 2 is 1.83 bits per heavy atom. The monoisotopic (exact) mass is 329 g/mol. The number of anilines is 1. The fourth-order valence-corrected chi connectivity index (χ4v) is 2.50. The number of nitrogens with zero attached hydrogens (tertiary/aromatic N) is 1. The second kappa shape index (κ2) is 9.80. The number of hydrogen-bond acceptors (Lipinski definition) is 3. The Balaban J connectivity index is 1.78. The molecule has 1 amide bonds. The topological polar surface area (TPSA) is 58.4 Å². The molecule has 4 nitrogen and oxygen atoms in total. The summed E-state index contributed by atoms with van der Waals surface area (Å²) >= 11 is 0. The van der Waals surface area contributed by atoms with Gasteiger partial charge in [0.05, 0.1) is 0 Å². The third-order valence-electron chi connectivity index (χ3n) is 3.77. The molecule has 24 heavy (non-hydrogen) atoms. The summed E-state index contributed by atoms with van der Waals surface area (Å²) in [6.45, 7) is 2.79. The smallest absolute Gasteiger partial charge is 0.225 e.